The van der Waals surface area contributed by atoms with Crippen molar-refractivity contribution in [2.24, 2.45) is 11.7 Å². The van der Waals surface area contributed by atoms with Gasteiger partial charge in [-0.15, -0.1) is 0 Å². The molecule has 1 atom stereocenters. The second-order valence-corrected chi connectivity index (χ2v) is 5.32. The Morgan fingerprint density at radius 2 is 2.00 bits per heavy atom. The van der Waals surface area contributed by atoms with Gasteiger partial charge in [-0.05, 0) is 18.8 Å². The van der Waals surface area contributed by atoms with Crippen LogP contribution in [0.3, 0.4) is 0 Å². The van der Waals surface area contributed by atoms with Gasteiger partial charge in [-0.2, -0.15) is 0 Å². The average molecular weight is 242 g/mol. The van der Waals surface area contributed by atoms with E-state index >= 15 is 0 Å². The molecule has 0 aliphatic heterocycles. The average Bonchev–Trinajstić information content (AvgIpc) is 2.28. The highest BCUT2D eigenvalue weighted by Crippen LogP contribution is 2.23. The lowest BCUT2D eigenvalue weighted by molar-refractivity contribution is -0.121. The summed E-state index contributed by atoms with van der Waals surface area (Å²) < 4.78 is 5.63. The fraction of sp³-hybridized carbons (Fsp3) is 0.923. The lowest BCUT2D eigenvalue weighted by Crippen LogP contribution is -2.47. The number of amides is 1. The first-order valence-corrected chi connectivity index (χ1v) is 6.72. The Balaban J connectivity index is 2.19. The van der Waals surface area contributed by atoms with Crippen molar-refractivity contribution < 1.29 is 9.53 Å². The molecular formula is C13H26N2O2. The Morgan fingerprint density at radius 1 is 1.35 bits per heavy atom. The molecule has 0 aromatic carbocycles. The maximum Gasteiger partial charge on any atom is 0.236 e. The molecule has 1 unspecified atom stereocenters. The molecule has 1 fully saturated rings. The quantitative estimate of drug-likeness (QED) is 0.710. The summed E-state index contributed by atoms with van der Waals surface area (Å²) in [6.07, 6.45) is 6.52. The third-order valence-electron chi connectivity index (χ3n) is 3.24. The molecule has 0 spiro atoms. The van der Waals surface area contributed by atoms with Gasteiger partial charge >= 0.3 is 0 Å². The zero-order chi connectivity index (χ0) is 12.7. The van der Waals surface area contributed by atoms with Gasteiger partial charge in [0.2, 0.25) is 5.91 Å². The van der Waals surface area contributed by atoms with Gasteiger partial charge in [0.1, 0.15) is 6.04 Å². The van der Waals surface area contributed by atoms with E-state index < -0.39 is 0 Å². The van der Waals surface area contributed by atoms with Crippen molar-refractivity contribution in [1.29, 1.82) is 0 Å². The first-order valence-electron chi connectivity index (χ1n) is 6.72. The van der Waals surface area contributed by atoms with Crippen molar-refractivity contribution in [3.8, 4) is 0 Å². The van der Waals surface area contributed by atoms with E-state index in [4.69, 9.17) is 10.5 Å². The van der Waals surface area contributed by atoms with Crippen LogP contribution in [0.1, 0.15) is 46.0 Å². The van der Waals surface area contributed by atoms with Gasteiger partial charge in [-0.3, -0.25) is 4.79 Å². The van der Waals surface area contributed by atoms with Gasteiger partial charge in [0.05, 0.1) is 6.61 Å². The smallest absolute Gasteiger partial charge is 0.236 e. The van der Waals surface area contributed by atoms with Gasteiger partial charge in [0, 0.05) is 12.6 Å². The fourth-order valence-corrected chi connectivity index (χ4v) is 2.32. The zero-order valence-electron chi connectivity index (χ0n) is 11.1. The first kappa shape index (κ1) is 14.5. The third kappa shape index (κ3) is 6.03. The SMILES string of the molecule is CC(C)NC(COCC1CCCCC1)C(N)=O. The molecule has 100 valence electrons. The highest BCUT2D eigenvalue weighted by atomic mass is 16.5. The number of ether oxygens (including phenoxy) is 1. The van der Waals surface area contributed by atoms with Crippen molar-refractivity contribution >= 4 is 5.91 Å². The molecule has 1 aliphatic rings. The van der Waals surface area contributed by atoms with Gasteiger partial charge < -0.3 is 15.8 Å². The molecule has 0 aromatic rings. The van der Waals surface area contributed by atoms with Gasteiger partial charge in [0.15, 0.2) is 0 Å². The molecular weight excluding hydrogens is 216 g/mol. The van der Waals surface area contributed by atoms with Crippen molar-refractivity contribution in [2.75, 3.05) is 13.2 Å². The van der Waals surface area contributed by atoms with Crippen LogP contribution in [0.25, 0.3) is 0 Å². The van der Waals surface area contributed by atoms with E-state index in [1.54, 1.807) is 0 Å². The summed E-state index contributed by atoms with van der Waals surface area (Å²) in [5, 5.41) is 3.12. The summed E-state index contributed by atoms with van der Waals surface area (Å²) in [6, 6.07) is -0.121. The van der Waals surface area contributed by atoms with E-state index in [2.05, 4.69) is 5.32 Å². The first-order chi connectivity index (χ1) is 8.09. The van der Waals surface area contributed by atoms with Crippen LogP contribution in [0, 0.1) is 5.92 Å². The van der Waals surface area contributed by atoms with Crippen molar-refractivity contribution in [1.82, 2.24) is 5.32 Å². The van der Waals surface area contributed by atoms with E-state index in [1.165, 1.54) is 32.1 Å². The summed E-state index contributed by atoms with van der Waals surface area (Å²) >= 11 is 0. The zero-order valence-corrected chi connectivity index (χ0v) is 11.1. The molecule has 4 nitrogen and oxygen atoms in total. The summed E-state index contributed by atoms with van der Waals surface area (Å²) in [7, 11) is 0. The number of primary amides is 1. The minimum absolute atomic E-state index is 0.241. The number of hydrogen-bond donors (Lipinski definition) is 2. The highest BCUT2D eigenvalue weighted by molar-refractivity contribution is 5.80. The second kappa shape index (κ2) is 7.67. The fourth-order valence-electron chi connectivity index (χ4n) is 2.32. The number of rotatable bonds is 7. The van der Waals surface area contributed by atoms with Crippen molar-refractivity contribution in [3.05, 3.63) is 0 Å². The summed E-state index contributed by atoms with van der Waals surface area (Å²) in [5.41, 5.74) is 5.32. The Bertz CT molecular complexity index is 225. The Labute approximate surface area is 104 Å². The van der Waals surface area contributed by atoms with Gasteiger partial charge in [0.25, 0.3) is 0 Å². The summed E-state index contributed by atoms with van der Waals surface area (Å²) in [5.74, 6) is 0.346. The second-order valence-electron chi connectivity index (χ2n) is 5.32. The largest absolute Gasteiger partial charge is 0.379 e. The van der Waals surface area contributed by atoms with Crippen LogP contribution in [-0.2, 0) is 9.53 Å². The molecule has 0 heterocycles. The standard InChI is InChI=1S/C13H26N2O2/c1-10(2)15-12(13(14)16)9-17-8-11-6-4-3-5-7-11/h10-12,15H,3-9H2,1-2H3,(H2,14,16). The monoisotopic (exact) mass is 242 g/mol. The molecule has 4 heteroatoms. The maximum absolute atomic E-state index is 11.2. The molecule has 1 saturated carbocycles. The van der Waals surface area contributed by atoms with Crippen molar-refractivity contribution in [2.45, 2.75) is 58.0 Å². The van der Waals surface area contributed by atoms with E-state index in [9.17, 15) is 4.79 Å². The topological polar surface area (TPSA) is 64.3 Å². The Hall–Kier alpha value is -0.610. The number of hydrogen-bond acceptors (Lipinski definition) is 3. The van der Waals surface area contributed by atoms with Crippen LogP contribution < -0.4 is 11.1 Å². The van der Waals surface area contributed by atoms with E-state index in [0.717, 1.165) is 6.61 Å². The minimum Gasteiger partial charge on any atom is -0.379 e. The van der Waals surface area contributed by atoms with E-state index in [1.807, 2.05) is 13.8 Å². The van der Waals surface area contributed by atoms with Crippen LogP contribution in [0.15, 0.2) is 0 Å². The predicted molar refractivity (Wildman–Crippen MR) is 68.6 cm³/mol. The molecule has 1 rings (SSSR count). The van der Waals surface area contributed by atoms with Crippen LogP contribution in [0.5, 0.6) is 0 Å². The van der Waals surface area contributed by atoms with Gasteiger partial charge in [-0.25, -0.2) is 0 Å². The number of nitrogens with one attached hydrogen (secondary N) is 1. The van der Waals surface area contributed by atoms with Gasteiger partial charge in [-0.1, -0.05) is 33.1 Å². The molecule has 1 amide bonds. The molecule has 17 heavy (non-hydrogen) atoms. The third-order valence-corrected chi connectivity index (χ3v) is 3.24. The predicted octanol–water partition coefficient (Wildman–Crippen LogP) is 1.44. The number of carbonyl (C=O) groups is 1. The summed E-state index contributed by atoms with van der Waals surface area (Å²) in [4.78, 5) is 11.2. The van der Waals surface area contributed by atoms with Crippen LogP contribution >= 0.6 is 0 Å². The Morgan fingerprint density at radius 3 is 2.53 bits per heavy atom. The molecule has 0 aromatic heterocycles. The lowest BCUT2D eigenvalue weighted by Gasteiger charge is -2.23. The number of carbonyl (C=O) groups excluding carboxylic acids is 1. The van der Waals surface area contributed by atoms with Crippen LogP contribution in [-0.4, -0.2) is 31.2 Å². The Kier molecular flexibility index (Phi) is 6.52. The van der Waals surface area contributed by atoms with E-state index in [-0.39, 0.29) is 18.0 Å². The lowest BCUT2D eigenvalue weighted by atomic mass is 9.90. The minimum atomic E-state index is -0.362. The molecule has 0 saturated heterocycles. The summed E-state index contributed by atoms with van der Waals surface area (Å²) in [6.45, 7) is 5.15. The number of nitrogens with two attached hydrogens (primary N) is 1. The van der Waals surface area contributed by atoms with Crippen molar-refractivity contribution in [3.63, 3.8) is 0 Å². The normalized spacial score (nSPS) is 19.5. The van der Waals surface area contributed by atoms with Crippen LogP contribution in [0.2, 0.25) is 0 Å². The van der Waals surface area contributed by atoms with Crippen LogP contribution in [0.4, 0.5) is 0 Å². The van der Waals surface area contributed by atoms with E-state index in [0.29, 0.717) is 12.5 Å². The molecule has 0 radical (unpaired) electrons. The molecule has 1 aliphatic carbocycles. The highest BCUT2D eigenvalue weighted by Gasteiger charge is 2.18. The molecule has 0 bridgehead atoms. The maximum atomic E-state index is 11.2. The molecule has 3 N–H and O–H groups in total.